The quantitative estimate of drug-likeness (QED) is 0.801. The third kappa shape index (κ3) is 2.87. The van der Waals surface area contributed by atoms with Gasteiger partial charge in [-0.05, 0) is 31.9 Å². The number of methoxy groups -OCH3 is 1. The standard InChI is InChI=1S/C13H18N4O3/c1-8-3-4-9(12(14)18)7-17(8)11-6-5-10(15-16-11)13(19)20-2/h5-6,8-9H,3-4,7H2,1-2H3,(H2,14,18). The summed E-state index contributed by atoms with van der Waals surface area (Å²) >= 11 is 0. The molecular weight excluding hydrogens is 260 g/mol. The Balaban J connectivity index is 2.16. The molecular formula is C13H18N4O3. The zero-order valence-corrected chi connectivity index (χ0v) is 11.6. The molecule has 1 aromatic heterocycles. The summed E-state index contributed by atoms with van der Waals surface area (Å²) < 4.78 is 4.58. The molecule has 7 heteroatoms. The lowest BCUT2D eigenvalue weighted by Gasteiger charge is -2.37. The zero-order valence-electron chi connectivity index (χ0n) is 11.6. The second-order valence-electron chi connectivity index (χ2n) is 4.95. The van der Waals surface area contributed by atoms with Crippen molar-refractivity contribution in [1.29, 1.82) is 0 Å². The van der Waals surface area contributed by atoms with E-state index < -0.39 is 5.97 Å². The molecule has 20 heavy (non-hydrogen) atoms. The van der Waals surface area contributed by atoms with Crippen molar-refractivity contribution in [2.24, 2.45) is 11.7 Å². The van der Waals surface area contributed by atoms with E-state index in [1.807, 2.05) is 4.90 Å². The molecule has 1 aromatic rings. The molecule has 1 fully saturated rings. The van der Waals surface area contributed by atoms with Crippen LogP contribution in [0.2, 0.25) is 0 Å². The number of anilines is 1. The Hall–Kier alpha value is -2.18. The number of carbonyl (C=O) groups excluding carboxylic acids is 2. The third-order valence-electron chi connectivity index (χ3n) is 3.62. The molecule has 2 unspecified atom stereocenters. The molecule has 1 aliphatic rings. The van der Waals surface area contributed by atoms with Crippen LogP contribution < -0.4 is 10.6 Å². The minimum atomic E-state index is -0.522. The van der Waals surface area contributed by atoms with Crippen LogP contribution in [0.3, 0.4) is 0 Å². The van der Waals surface area contributed by atoms with E-state index >= 15 is 0 Å². The molecule has 1 saturated heterocycles. The van der Waals surface area contributed by atoms with Crippen molar-refractivity contribution < 1.29 is 14.3 Å². The Bertz CT molecular complexity index is 503. The number of amides is 1. The van der Waals surface area contributed by atoms with Crippen molar-refractivity contribution in [2.75, 3.05) is 18.6 Å². The van der Waals surface area contributed by atoms with E-state index in [1.165, 1.54) is 7.11 Å². The highest BCUT2D eigenvalue weighted by atomic mass is 16.5. The molecule has 2 rings (SSSR count). The summed E-state index contributed by atoms with van der Waals surface area (Å²) in [7, 11) is 1.29. The predicted octanol–water partition coefficient (Wildman–Crippen LogP) is 0.353. The van der Waals surface area contributed by atoms with Crippen molar-refractivity contribution >= 4 is 17.7 Å². The smallest absolute Gasteiger partial charge is 0.358 e. The molecule has 2 N–H and O–H groups in total. The van der Waals surface area contributed by atoms with Crippen LogP contribution in [0, 0.1) is 5.92 Å². The molecule has 0 aliphatic carbocycles. The summed E-state index contributed by atoms with van der Waals surface area (Å²) in [6, 6.07) is 3.53. The summed E-state index contributed by atoms with van der Waals surface area (Å²) in [5, 5.41) is 7.89. The molecule has 0 radical (unpaired) electrons. The number of aromatic nitrogens is 2. The van der Waals surface area contributed by atoms with Crippen molar-refractivity contribution in [3.63, 3.8) is 0 Å². The van der Waals surface area contributed by atoms with Gasteiger partial charge in [-0.2, -0.15) is 0 Å². The van der Waals surface area contributed by atoms with Gasteiger partial charge in [-0.25, -0.2) is 4.79 Å². The SMILES string of the molecule is COC(=O)c1ccc(N2CC(C(N)=O)CCC2C)nn1. The summed E-state index contributed by atoms with van der Waals surface area (Å²) in [4.78, 5) is 24.6. The van der Waals surface area contributed by atoms with Gasteiger partial charge in [0.1, 0.15) is 0 Å². The van der Waals surface area contributed by atoms with Gasteiger partial charge >= 0.3 is 5.97 Å². The maximum atomic E-state index is 11.3. The van der Waals surface area contributed by atoms with Gasteiger partial charge in [-0.1, -0.05) is 0 Å². The molecule has 108 valence electrons. The Kier molecular flexibility index (Phi) is 4.16. The molecule has 0 saturated carbocycles. The normalized spacial score (nSPS) is 22.4. The summed E-state index contributed by atoms with van der Waals surface area (Å²) in [6.45, 7) is 2.59. The van der Waals surface area contributed by atoms with Gasteiger partial charge in [0.05, 0.1) is 13.0 Å². The van der Waals surface area contributed by atoms with E-state index in [9.17, 15) is 9.59 Å². The fourth-order valence-corrected chi connectivity index (χ4v) is 2.35. The van der Waals surface area contributed by atoms with Crippen molar-refractivity contribution in [1.82, 2.24) is 10.2 Å². The van der Waals surface area contributed by atoms with Crippen LogP contribution in [-0.4, -0.2) is 41.8 Å². The number of rotatable bonds is 3. The molecule has 0 bridgehead atoms. The first kappa shape index (κ1) is 14.2. The molecule has 7 nitrogen and oxygen atoms in total. The lowest BCUT2D eigenvalue weighted by Crippen LogP contribution is -2.46. The zero-order chi connectivity index (χ0) is 14.7. The Morgan fingerprint density at radius 2 is 2.10 bits per heavy atom. The fourth-order valence-electron chi connectivity index (χ4n) is 2.35. The first-order chi connectivity index (χ1) is 9.52. The Morgan fingerprint density at radius 3 is 2.65 bits per heavy atom. The van der Waals surface area contributed by atoms with E-state index in [1.54, 1.807) is 12.1 Å². The van der Waals surface area contributed by atoms with Crippen LogP contribution >= 0.6 is 0 Å². The van der Waals surface area contributed by atoms with Crippen LogP contribution in [-0.2, 0) is 9.53 Å². The highest BCUT2D eigenvalue weighted by Gasteiger charge is 2.29. The summed E-state index contributed by atoms with van der Waals surface area (Å²) in [6.07, 6.45) is 1.66. The number of nitrogens with zero attached hydrogens (tertiary/aromatic N) is 3. The van der Waals surface area contributed by atoms with E-state index in [0.29, 0.717) is 12.4 Å². The molecule has 2 atom stereocenters. The molecule has 2 heterocycles. The van der Waals surface area contributed by atoms with E-state index in [4.69, 9.17) is 5.73 Å². The van der Waals surface area contributed by atoms with Gasteiger partial charge in [0, 0.05) is 12.6 Å². The van der Waals surface area contributed by atoms with Crippen molar-refractivity contribution in [2.45, 2.75) is 25.8 Å². The average Bonchev–Trinajstić information content (AvgIpc) is 2.47. The summed E-state index contributed by atoms with van der Waals surface area (Å²) in [5.74, 6) is -0.351. The lowest BCUT2D eigenvalue weighted by atomic mass is 9.93. The van der Waals surface area contributed by atoms with Gasteiger partial charge in [-0.3, -0.25) is 4.79 Å². The first-order valence-electron chi connectivity index (χ1n) is 6.51. The number of nitrogens with two attached hydrogens (primary N) is 1. The fraction of sp³-hybridized carbons (Fsp3) is 0.538. The van der Waals surface area contributed by atoms with Gasteiger partial charge in [-0.15, -0.1) is 10.2 Å². The van der Waals surface area contributed by atoms with Crippen LogP contribution in [0.1, 0.15) is 30.3 Å². The topological polar surface area (TPSA) is 98.4 Å². The number of carbonyl (C=O) groups is 2. The van der Waals surface area contributed by atoms with Crippen LogP contribution in [0.5, 0.6) is 0 Å². The maximum Gasteiger partial charge on any atom is 0.358 e. The van der Waals surface area contributed by atoms with Crippen LogP contribution in [0.15, 0.2) is 12.1 Å². The predicted molar refractivity (Wildman–Crippen MR) is 72.1 cm³/mol. The second-order valence-corrected chi connectivity index (χ2v) is 4.95. The number of esters is 1. The van der Waals surface area contributed by atoms with E-state index in [0.717, 1.165) is 12.8 Å². The van der Waals surface area contributed by atoms with Gasteiger partial charge in [0.25, 0.3) is 0 Å². The van der Waals surface area contributed by atoms with E-state index in [2.05, 4.69) is 21.9 Å². The number of piperidine rings is 1. The highest BCUT2D eigenvalue weighted by molar-refractivity contribution is 5.87. The maximum absolute atomic E-state index is 11.3. The number of hydrogen-bond acceptors (Lipinski definition) is 6. The summed E-state index contributed by atoms with van der Waals surface area (Å²) in [5.41, 5.74) is 5.53. The molecule has 1 aliphatic heterocycles. The van der Waals surface area contributed by atoms with Crippen LogP contribution in [0.4, 0.5) is 5.82 Å². The van der Waals surface area contributed by atoms with Gasteiger partial charge in [0.15, 0.2) is 11.5 Å². The van der Waals surface area contributed by atoms with Crippen molar-refractivity contribution in [3.05, 3.63) is 17.8 Å². The van der Waals surface area contributed by atoms with Gasteiger partial charge in [0.2, 0.25) is 5.91 Å². The van der Waals surface area contributed by atoms with Gasteiger partial charge < -0.3 is 15.4 Å². The monoisotopic (exact) mass is 278 g/mol. The molecule has 0 spiro atoms. The van der Waals surface area contributed by atoms with Crippen LogP contribution in [0.25, 0.3) is 0 Å². The number of ether oxygens (including phenoxy) is 1. The molecule has 1 amide bonds. The average molecular weight is 278 g/mol. The minimum Gasteiger partial charge on any atom is -0.464 e. The largest absolute Gasteiger partial charge is 0.464 e. The lowest BCUT2D eigenvalue weighted by molar-refractivity contribution is -0.122. The second kappa shape index (κ2) is 5.85. The minimum absolute atomic E-state index is 0.160. The Labute approximate surface area is 117 Å². The Morgan fingerprint density at radius 1 is 1.35 bits per heavy atom. The third-order valence-corrected chi connectivity index (χ3v) is 3.62. The number of hydrogen-bond donors (Lipinski definition) is 1. The van der Waals surface area contributed by atoms with E-state index in [-0.39, 0.29) is 23.6 Å². The van der Waals surface area contributed by atoms with Crippen molar-refractivity contribution in [3.8, 4) is 0 Å². The first-order valence-corrected chi connectivity index (χ1v) is 6.51. The number of primary amides is 1. The highest BCUT2D eigenvalue weighted by Crippen LogP contribution is 2.25. The molecule has 0 aromatic carbocycles.